The van der Waals surface area contributed by atoms with Gasteiger partial charge in [-0.05, 0) is 23.8 Å². The fourth-order valence-electron chi connectivity index (χ4n) is 1.55. The van der Waals surface area contributed by atoms with Crippen molar-refractivity contribution in [3.05, 3.63) is 72.1 Å². The first-order chi connectivity index (χ1) is 8.90. The average molecular weight is 237 g/mol. The normalized spacial score (nSPS) is 11.7. The van der Waals surface area contributed by atoms with Crippen molar-refractivity contribution in [1.82, 2.24) is 10.4 Å². The molecule has 0 amide bonds. The van der Waals surface area contributed by atoms with E-state index in [1.165, 1.54) is 0 Å². The van der Waals surface area contributed by atoms with Crippen molar-refractivity contribution in [3.8, 4) is 0 Å². The Labute approximate surface area is 107 Å². The highest BCUT2D eigenvalue weighted by Gasteiger charge is 1.99. The number of nitrogens with zero attached hydrogens (tertiary/aromatic N) is 2. The number of nitrogens with one attached hydrogen (secondary N) is 1. The maximum Gasteiger partial charge on any atom is 0.109 e. The molecule has 0 fully saturated rings. The number of aromatic nitrogens is 1. The van der Waals surface area contributed by atoms with Gasteiger partial charge in [0.25, 0.3) is 0 Å². The predicted molar refractivity (Wildman–Crippen MR) is 75.3 cm³/mol. The van der Waals surface area contributed by atoms with Crippen LogP contribution in [0.3, 0.4) is 0 Å². The molecular formula is C15H15N3. The molecule has 0 unspecified atom stereocenters. The van der Waals surface area contributed by atoms with Crippen LogP contribution in [0.25, 0.3) is 6.08 Å². The van der Waals surface area contributed by atoms with E-state index in [0.717, 1.165) is 17.0 Å². The summed E-state index contributed by atoms with van der Waals surface area (Å²) in [7, 11) is 1.78. The van der Waals surface area contributed by atoms with Gasteiger partial charge >= 0.3 is 0 Å². The number of benzene rings is 1. The summed E-state index contributed by atoms with van der Waals surface area (Å²) < 4.78 is 0. The van der Waals surface area contributed by atoms with Crippen LogP contribution in [-0.4, -0.2) is 17.7 Å². The number of hydrazone groups is 1. The van der Waals surface area contributed by atoms with Crippen LogP contribution in [-0.2, 0) is 0 Å². The zero-order chi connectivity index (χ0) is 12.6. The third-order valence-electron chi connectivity index (χ3n) is 2.39. The molecule has 0 aliphatic heterocycles. The molecule has 0 aliphatic rings. The Morgan fingerprint density at radius 3 is 2.56 bits per heavy atom. The molecule has 0 atom stereocenters. The van der Waals surface area contributed by atoms with E-state index in [1.54, 1.807) is 13.2 Å². The minimum atomic E-state index is 0.807. The van der Waals surface area contributed by atoms with Gasteiger partial charge in [0.1, 0.15) is 5.71 Å². The first-order valence-corrected chi connectivity index (χ1v) is 5.79. The van der Waals surface area contributed by atoms with Crippen LogP contribution in [0.5, 0.6) is 0 Å². The van der Waals surface area contributed by atoms with Crippen LogP contribution < -0.4 is 5.43 Å². The van der Waals surface area contributed by atoms with Crippen molar-refractivity contribution in [3.63, 3.8) is 0 Å². The van der Waals surface area contributed by atoms with Crippen LogP contribution in [0, 0.1) is 0 Å². The molecule has 0 radical (unpaired) electrons. The first-order valence-electron chi connectivity index (χ1n) is 5.79. The summed E-state index contributed by atoms with van der Waals surface area (Å²) in [5.41, 5.74) is 5.59. The minimum Gasteiger partial charge on any atom is -0.313 e. The van der Waals surface area contributed by atoms with Gasteiger partial charge in [0, 0.05) is 13.2 Å². The Morgan fingerprint density at radius 1 is 1.11 bits per heavy atom. The summed E-state index contributed by atoms with van der Waals surface area (Å²) in [5, 5.41) is 4.23. The van der Waals surface area contributed by atoms with Crippen LogP contribution >= 0.6 is 0 Å². The number of pyridine rings is 1. The Bertz CT molecular complexity index is 530. The third kappa shape index (κ3) is 3.28. The van der Waals surface area contributed by atoms with E-state index in [4.69, 9.17) is 0 Å². The molecule has 90 valence electrons. The van der Waals surface area contributed by atoms with E-state index >= 15 is 0 Å². The highest BCUT2D eigenvalue weighted by Crippen LogP contribution is 2.04. The standard InChI is InChI=1S/C15H15N3/c1-16-18-15(14-9-5-6-12-17-14)11-10-13-7-3-2-4-8-13/h2-12,16H,1H3/b11-10+,18-15+. The fourth-order valence-corrected chi connectivity index (χ4v) is 1.55. The maximum absolute atomic E-state index is 4.29. The average Bonchev–Trinajstić information content (AvgIpc) is 2.45. The van der Waals surface area contributed by atoms with Crippen molar-refractivity contribution in [2.75, 3.05) is 7.05 Å². The van der Waals surface area contributed by atoms with E-state index in [0.29, 0.717) is 0 Å². The molecule has 0 bridgehead atoms. The molecule has 0 saturated heterocycles. The van der Waals surface area contributed by atoms with Crippen LogP contribution in [0.2, 0.25) is 0 Å². The minimum absolute atomic E-state index is 0.807. The van der Waals surface area contributed by atoms with Gasteiger partial charge in [0.05, 0.1) is 5.69 Å². The predicted octanol–water partition coefficient (Wildman–Crippen LogP) is 2.72. The molecule has 1 heterocycles. The number of rotatable bonds is 4. The molecule has 3 nitrogen and oxygen atoms in total. The van der Waals surface area contributed by atoms with Crippen LogP contribution in [0.15, 0.2) is 65.9 Å². The molecule has 2 aromatic rings. The quantitative estimate of drug-likeness (QED) is 0.655. The van der Waals surface area contributed by atoms with Crippen molar-refractivity contribution in [1.29, 1.82) is 0 Å². The summed E-state index contributed by atoms with van der Waals surface area (Å²) in [4.78, 5) is 4.29. The lowest BCUT2D eigenvalue weighted by Crippen LogP contribution is -2.06. The molecule has 0 spiro atoms. The van der Waals surface area contributed by atoms with E-state index in [-0.39, 0.29) is 0 Å². The number of hydrogen-bond acceptors (Lipinski definition) is 3. The van der Waals surface area contributed by atoms with Gasteiger partial charge in [-0.15, -0.1) is 0 Å². The molecule has 2 rings (SSSR count). The Hall–Kier alpha value is -2.42. The SMILES string of the molecule is CN/N=C(\C=C\c1ccccc1)c1ccccn1. The van der Waals surface area contributed by atoms with E-state index in [2.05, 4.69) is 15.5 Å². The van der Waals surface area contributed by atoms with Gasteiger partial charge in [0.2, 0.25) is 0 Å². The van der Waals surface area contributed by atoms with Crippen molar-refractivity contribution in [2.45, 2.75) is 0 Å². The van der Waals surface area contributed by atoms with E-state index in [1.807, 2.05) is 60.7 Å². The fraction of sp³-hybridized carbons (Fsp3) is 0.0667. The lowest BCUT2D eigenvalue weighted by Gasteiger charge is -2.00. The highest BCUT2D eigenvalue weighted by atomic mass is 15.3. The molecule has 0 saturated carbocycles. The molecule has 1 aromatic heterocycles. The van der Waals surface area contributed by atoms with Crippen LogP contribution in [0.1, 0.15) is 11.3 Å². The summed E-state index contributed by atoms with van der Waals surface area (Å²) >= 11 is 0. The van der Waals surface area contributed by atoms with Gasteiger partial charge in [0.15, 0.2) is 0 Å². The Balaban J connectivity index is 2.23. The zero-order valence-corrected chi connectivity index (χ0v) is 10.2. The highest BCUT2D eigenvalue weighted by molar-refractivity contribution is 6.09. The molecule has 18 heavy (non-hydrogen) atoms. The van der Waals surface area contributed by atoms with Crippen molar-refractivity contribution in [2.24, 2.45) is 5.10 Å². The summed E-state index contributed by atoms with van der Waals surface area (Å²) in [6, 6.07) is 15.9. The van der Waals surface area contributed by atoms with Gasteiger partial charge in [-0.3, -0.25) is 4.98 Å². The van der Waals surface area contributed by atoms with Gasteiger partial charge in [-0.25, -0.2) is 0 Å². The second-order valence-corrected chi connectivity index (χ2v) is 3.68. The van der Waals surface area contributed by atoms with E-state index < -0.39 is 0 Å². The second-order valence-electron chi connectivity index (χ2n) is 3.68. The molecule has 1 N–H and O–H groups in total. The Kier molecular flexibility index (Phi) is 4.25. The smallest absolute Gasteiger partial charge is 0.109 e. The molecular weight excluding hydrogens is 222 g/mol. The van der Waals surface area contributed by atoms with Crippen molar-refractivity contribution < 1.29 is 0 Å². The molecule has 0 aliphatic carbocycles. The third-order valence-corrected chi connectivity index (χ3v) is 2.39. The van der Waals surface area contributed by atoms with Crippen LogP contribution in [0.4, 0.5) is 0 Å². The van der Waals surface area contributed by atoms with Gasteiger partial charge in [-0.2, -0.15) is 5.10 Å². The molecule has 3 heteroatoms. The van der Waals surface area contributed by atoms with E-state index in [9.17, 15) is 0 Å². The lowest BCUT2D eigenvalue weighted by molar-refractivity contribution is 0.901. The summed E-state index contributed by atoms with van der Waals surface area (Å²) in [6.07, 6.45) is 5.73. The second kappa shape index (κ2) is 6.35. The Morgan fingerprint density at radius 2 is 1.89 bits per heavy atom. The van der Waals surface area contributed by atoms with Gasteiger partial charge < -0.3 is 5.43 Å². The monoisotopic (exact) mass is 237 g/mol. The van der Waals surface area contributed by atoms with Crippen molar-refractivity contribution >= 4 is 11.8 Å². The number of allylic oxidation sites excluding steroid dienone is 1. The topological polar surface area (TPSA) is 37.3 Å². The number of hydrogen-bond donors (Lipinski definition) is 1. The maximum atomic E-state index is 4.29. The lowest BCUT2D eigenvalue weighted by atomic mass is 10.1. The zero-order valence-electron chi connectivity index (χ0n) is 10.2. The molecule has 1 aromatic carbocycles. The first kappa shape index (κ1) is 12.0. The van der Waals surface area contributed by atoms with Gasteiger partial charge in [-0.1, -0.05) is 42.5 Å². The summed E-state index contributed by atoms with van der Waals surface area (Å²) in [5.74, 6) is 0. The summed E-state index contributed by atoms with van der Waals surface area (Å²) in [6.45, 7) is 0. The largest absolute Gasteiger partial charge is 0.313 e.